The summed E-state index contributed by atoms with van der Waals surface area (Å²) in [6, 6.07) is 6.20. The molecule has 2 aromatic carbocycles. The first-order chi connectivity index (χ1) is 20.8. The Morgan fingerprint density at radius 3 is 2.09 bits per heavy atom. The molecule has 0 spiro atoms. The van der Waals surface area contributed by atoms with Crippen LogP contribution in [0.5, 0.6) is 23.0 Å². The molecule has 0 radical (unpaired) electrons. The van der Waals surface area contributed by atoms with Crippen LogP contribution in [0.25, 0.3) is 0 Å². The molecule has 2 aliphatic rings. The predicted octanol–water partition coefficient (Wildman–Crippen LogP) is 5.36. The molecule has 3 unspecified atom stereocenters. The van der Waals surface area contributed by atoms with Gasteiger partial charge in [0.15, 0.2) is 17.2 Å². The number of hydrogen-bond acceptors (Lipinski definition) is 10. The Balaban J connectivity index is 1.53. The third-order valence-corrected chi connectivity index (χ3v) is 8.18. The van der Waals surface area contributed by atoms with Crippen LogP contribution in [0.3, 0.4) is 0 Å². The lowest BCUT2D eigenvalue weighted by atomic mass is 10.1. The molecule has 1 saturated heterocycles. The predicted molar refractivity (Wildman–Crippen MR) is 164 cm³/mol. The van der Waals surface area contributed by atoms with E-state index in [0.717, 1.165) is 52.1 Å². The minimum absolute atomic E-state index is 0.237. The van der Waals surface area contributed by atoms with Crippen molar-refractivity contribution in [2.24, 2.45) is 0 Å². The van der Waals surface area contributed by atoms with Gasteiger partial charge < -0.3 is 38.2 Å². The Morgan fingerprint density at radius 2 is 1.42 bits per heavy atom. The highest BCUT2D eigenvalue weighted by Gasteiger charge is 2.23. The lowest BCUT2D eigenvalue weighted by Gasteiger charge is -2.24. The molecule has 43 heavy (non-hydrogen) atoms. The molecular weight excluding hydrogens is 599 g/mol. The van der Waals surface area contributed by atoms with Gasteiger partial charge in [-0.25, -0.2) is 9.59 Å². The summed E-state index contributed by atoms with van der Waals surface area (Å²) in [5, 5.41) is 0.473. The number of ether oxygens (including phenoxy) is 6. The quantitative estimate of drug-likeness (QED) is 0.398. The molecule has 3 atom stereocenters. The second kappa shape index (κ2) is 16.2. The number of cyclic esters (lactones) is 1. The van der Waals surface area contributed by atoms with Gasteiger partial charge in [0.25, 0.3) is 0 Å². The highest BCUT2D eigenvalue weighted by Crippen LogP contribution is 2.39. The van der Waals surface area contributed by atoms with Gasteiger partial charge >= 0.3 is 11.9 Å². The van der Waals surface area contributed by atoms with Crippen LogP contribution in [0, 0.1) is 0 Å². The number of benzene rings is 2. The fourth-order valence-corrected chi connectivity index (χ4v) is 5.98. The van der Waals surface area contributed by atoms with E-state index < -0.39 is 11.9 Å². The molecule has 0 aliphatic carbocycles. The molecule has 4 bridgehead atoms. The Bertz CT molecular complexity index is 1240. The maximum atomic E-state index is 13.2. The summed E-state index contributed by atoms with van der Waals surface area (Å²) in [5.41, 5.74) is 0.577. The van der Waals surface area contributed by atoms with Crippen molar-refractivity contribution in [3.8, 4) is 23.0 Å². The van der Waals surface area contributed by atoms with Gasteiger partial charge in [-0.05, 0) is 69.5 Å². The third-order valence-electron chi connectivity index (χ3n) is 7.62. The van der Waals surface area contributed by atoms with Gasteiger partial charge in [-0.1, -0.05) is 23.2 Å². The second-order valence-electron chi connectivity index (χ2n) is 10.5. The first-order valence-corrected chi connectivity index (χ1v) is 15.3. The molecule has 0 saturated carbocycles. The van der Waals surface area contributed by atoms with Crippen molar-refractivity contribution in [3.63, 3.8) is 0 Å². The van der Waals surface area contributed by atoms with Gasteiger partial charge in [-0.15, -0.1) is 0 Å². The molecular formula is C31H40Cl2N2O8. The van der Waals surface area contributed by atoms with E-state index in [2.05, 4.69) is 9.80 Å². The Morgan fingerprint density at radius 1 is 0.767 bits per heavy atom. The average molecular weight is 640 g/mol. The van der Waals surface area contributed by atoms with Gasteiger partial charge in [-0.3, -0.25) is 0 Å². The van der Waals surface area contributed by atoms with Crippen molar-refractivity contribution in [2.45, 2.75) is 38.2 Å². The van der Waals surface area contributed by atoms with Gasteiger partial charge in [0.2, 0.25) is 5.75 Å². The zero-order valence-corrected chi connectivity index (χ0v) is 26.5. The van der Waals surface area contributed by atoms with E-state index in [1.165, 1.54) is 33.5 Å². The van der Waals surface area contributed by atoms with E-state index in [4.69, 9.17) is 51.6 Å². The Labute approximate surface area is 263 Å². The van der Waals surface area contributed by atoms with Crippen molar-refractivity contribution >= 4 is 35.1 Å². The molecule has 1 fully saturated rings. The number of carbonyl (C=O) groups excluding carboxylic acids is 2. The first kappa shape index (κ1) is 33.0. The fraction of sp³-hybridized carbons (Fsp3) is 0.548. The summed E-state index contributed by atoms with van der Waals surface area (Å²) in [4.78, 5) is 30.9. The maximum Gasteiger partial charge on any atom is 0.338 e. The number of rotatable bonds is 5. The Kier molecular flexibility index (Phi) is 12.5. The summed E-state index contributed by atoms with van der Waals surface area (Å²) < 4.78 is 33.8. The number of hydrogen-bond donors (Lipinski definition) is 0. The molecule has 12 heteroatoms. The summed E-state index contributed by atoms with van der Waals surface area (Å²) in [6.45, 7) is 6.04. The monoisotopic (exact) mass is 638 g/mol. The SMILES string of the molecule is COc1cc2cc(c1OC)OCCCC(OC(=O)c1cc(Cl)c(OC)c(Cl)c1)CCN1CCCN(CCCOC2=O)CC1. The number of carbonyl (C=O) groups is 2. The number of fused-ring (bicyclic) bond motifs is 5. The molecule has 0 amide bonds. The van der Waals surface area contributed by atoms with Crippen molar-refractivity contribution in [3.05, 3.63) is 45.4 Å². The lowest BCUT2D eigenvalue weighted by molar-refractivity contribution is 0.0221. The summed E-state index contributed by atoms with van der Waals surface area (Å²) in [5.74, 6) is 0.481. The van der Waals surface area contributed by atoms with Crippen LogP contribution in [0.1, 0.15) is 52.8 Å². The fourth-order valence-electron chi connectivity index (χ4n) is 5.34. The van der Waals surface area contributed by atoms with E-state index in [-0.39, 0.29) is 21.7 Å². The zero-order chi connectivity index (χ0) is 30.8. The van der Waals surface area contributed by atoms with E-state index in [9.17, 15) is 9.59 Å². The first-order valence-electron chi connectivity index (χ1n) is 14.6. The second-order valence-corrected chi connectivity index (χ2v) is 11.3. The zero-order valence-electron chi connectivity index (χ0n) is 25.0. The van der Waals surface area contributed by atoms with E-state index in [1.54, 1.807) is 12.1 Å². The van der Waals surface area contributed by atoms with Gasteiger partial charge in [0.1, 0.15) is 6.10 Å². The van der Waals surface area contributed by atoms with E-state index in [0.29, 0.717) is 61.0 Å². The number of methoxy groups -OCH3 is 3. The van der Waals surface area contributed by atoms with Crippen LogP contribution >= 0.6 is 23.2 Å². The van der Waals surface area contributed by atoms with Gasteiger partial charge in [0.05, 0.1) is 55.7 Å². The lowest BCUT2D eigenvalue weighted by Crippen LogP contribution is -2.34. The maximum absolute atomic E-state index is 13.2. The largest absolute Gasteiger partial charge is 0.494 e. The number of nitrogens with zero attached hydrogens (tertiary/aromatic N) is 2. The molecule has 236 valence electrons. The van der Waals surface area contributed by atoms with Crippen LogP contribution in [0.2, 0.25) is 10.0 Å². The topological polar surface area (TPSA) is 96.0 Å². The summed E-state index contributed by atoms with van der Waals surface area (Å²) >= 11 is 12.6. The molecule has 4 rings (SSSR count). The van der Waals surface area contributed by atoms with E-state index in [1.807, 2.05) is 0 Å². The van der Waals surface area contributed by atoms with Crippen LogP contribution in [-0.4, -0.2) is 102 Å². The van der Waals surface area contributed by atoms with Crippen LogP contribution in [0.4, 0.5) is 0 Å². The molecule has 10 nitrogen and oxygen atoms in total. The minimum Gasteiger partial charge on any atom is -0.494 e. The summed E-state index contributed by atoms with van der Waals surface area (Å²) in [7, 11) is 4.48. The standard InChI is InChI=1S/C31H40Cl2N2O8/c1-38-26-19-22-20-27(29(26)40-3)41-15-4-7-23(43-31(37)21-17-24(32)28(39-2)25(33)18-21)8-12-35-10-5-9-34(13-14-35)11-6-16-42-30(22)36/h17-20,23H,4-16H2,1-3H3. The van der Waals surface area contributed by atoms with Crippen molar-refractivity contribution in [1.82, 2.24) is 9.80 Å². The molecule has 2 heterocycles. The van der Waals surface area contributed by atoms with Crippen molar-refractivity contribution in [1.29, 1.82) is 0 Å². The molecule has 0 aromatic heterocycles. The Hall–Kier alpha value is -2.92. The minimum atomic E-state index is -0.504. The molecule has 2 aromatic rings. The van der Waals surface area contributed by atoms with Crippen molar-refractivity contribution < 1.29 is 38.0 Å². The highest BCUT2D eigenvalue weighted by molar-refractivity contribution is 6.37. The van der Waals surface area contributed by atoms with Crippen molar-refractivity contribution in [2.75, 3.05) is 73.8 Å². The number of esters is 2. The van der Waals surface area contributed by atoms with Crippen LogP contribution in [0.15, 0.2) is 24.3 Å². The summed E-state index contributed by atoms with van der Waals surface area (Å²) in [6.07, 6.45) is 3.21. The third kappa shape index (κ3) is 9.04. The number of halogens is 2. The van der Waals surface area contributed by atoms with Gasteiger partial charge in [-0.2, -0.15) is 0 Å². The average Bonchev–Trinajstić information content (AvgIpc) is 3.23. The smallest absolute Gasteiger partial charge is 0.338 e. The normalized spacial score (nSPS) is 22.1. The van der Waals surface area contributed by atoms with Gasteiger partial charge in [0, 0.05) is 26.2 Å². The van der Waals surface area contributed by atoms with E-state index >= 15 is 0 Å². The highest BCUT2D eigenvalue weighted by atomic mass is 35.5. The molecule has 2 aliphatic heterocycles. The van der Waals surface area contributed by atoms with Crippen LogP contribution < -0.4 is 18.9 Å². The van der Waals surface area contributed by atoms with Crippen LogP contribution in [-0.2, 0) is 9.47 Å². The molecule has 0 N–H and O–H groups in total.